The van der Waals surface area contributed by atoms with Crippen molar-refractivity contribution in [3.63, 3.8) is 0 Å². The molecule has 4 aromatic rings. The van der Waals surface area contributed by atoms with Gasteiger partial charge in [0.1, 0.15) is 0 Å². The lowest BCUT2D eigenvalue weighted by atomic mass is 10.1. The summed E-state index contributed by atoms with van der Waals surface area (Å²) in [4.78, 5) is 30.5. The van der Waals surface area contributed by atoms with Crippen LogP contribution in [0.2, 0.25) is 0 Å². The van der Waals surface area contributed by atoms with E-state index in [1.54, 1.807) is 24.3 Å². The van der Waals surface area contributed by atoms with Crippen molar-refractivity contribution in [1.82, 2.24) is 21.3 Å². The summed E-state index contributed by atoms with van der Waals surface area (Å²) in [6.45, 7) is 9.21. The van der Waals surface area contributed by atoms with Crippen molar-refractivity contribution in [1.29, 1.82) is 0 Å². The Morgan fingerprint density at radius 1 is 0.583 bits per heavy atom. The van der Waals surface area contributed by atoms with E-state index in [2.05, 4.69) is 86.0 Å². The van der Waals surface area contributed by atoms with Crippen LogP contribution in [-0.2, 0) is 18.7 Å². The molecule has 0 aliphatic carbocycles. The van der Waals surface area contributed by atoms with Gasteiger partial charge in [-0.15, -0.1) is 0 Å². The third kappa shape index (κ3) is 18.4. The van der Waals surface area contributed by atoms with Crippen LogP contribution < -0.4 is 41.6 Å². The second-order valence-corrected chi connectivity index (χ2v) is 14.6. The van der Waals surface area contributed by atoms with Gasteiger partial charge in [-0.1, -0.05) is 55.3 Å². The number of amides is 4. The van der Waals surface area contributed by atoms with E-state index in [1.807, 2.05) is 72.8 Å². The van der Waals surface area contributed by atoms with Gasteiger partial charge in [-0.2, -0.15) is 18.9 Å². The van der Waals surface area contributed by atoms with E-state index in [9.17, 15) is 20.1 Å². The summed E-state index contributed by atoms with van der Waals surface area (Å²) in [6, 6.07) is 30.1. The van der Waals surface area contributed by atoms with Gasteiger partial charge in [-0.3, -0.25) is 10.1 Å². The van der Waals surface area contributed by atoms with Crippen LogP contribution in [0.15, 0.2) is 117 Å². The van der Waals surface area contributed by atoms with Gasteiger partial charge in [0.2, 0.25) is 0 Å². The fourth-order valence-corrected chi connectivity index (χ4v) is 6.72. The molecule has 0 unspecified atom stereocenters. The third-order valence-corrected chi connectivity index (χ3v) is 10.1. The largest absolute Gasteiger partial charge is 0.691 e. The lowest BCUT2D eigenvalue weighted by Gasteiger charge is -2.23. The van der Waals surface area contributed by atoms with E-state index >= 15 is 0 Å². The Hall–Kier alpha value is -5.18. The molecule has 4 amide bonds. The molecule has 0 radical (unpaired) electrons. The molecule has 0 saturated carbocycles. The molecule has 4 rings (SSSR count). The molecular formula is C42H52N8O8S2-2. The predicted octanol–water partition coefficient (Wildman–Crippen LogP) is 7.25. The maximum Gasteiger partial charge on any atom is 0.314 e. The molecular weight excluding hydrogens is 809 g/mol. The van der Waals surface area contributed by atoms with E-state index in [0.29, 0.717) is 55.5 Å². The lowest BCUT2D eigenvalue weighted by Crippen LogP contribution is -2.41. The summed E-state index contributed by atoms with van der Waals surface area (Å²) >= 11 is 1.65. The molecule has 0 aromatic heterocycles. The van der Waals surface area contributed by atoms with Crippen molar-refractivity contribution in [3.8, 4) is 0 Å². The number of hydrogen-bond donors (Lipinski definition) is 4. The van der Waals surface area contributed by atoms with Crippen molar-refractivity contribution >= 4 is 71.0 Å². The van der Waals surface area contributed by atoms with Gasteiger partial charge in [-0.05, 0) is 105 Å². The van der Waals surface area contributed by atoms with Crippen LogP contribution >= 0.6 is 24.1 Å². The second-order valence-electron chi connectivity index (χ2n) is 13.1. The zero-order chi connectivity index (χ0) is 42.6. The molecule has 16 nitrogen and oxygen atoms in total. The zero-order valence-corrected chi connectivity index (χ0v) is 35.4. The smallest absolute Gasteiger partial charge is 0.314 e. The minimum Gasteiger partial charge on any atom is -0.691 e. The highest BCUT2D eigenvalue weighted by Gasteiger charge is 2.08. The quantitative estimate of drug-likeness (QED) is 0.0117. The highest BCUT2D eigenvalue weighted by atomic mass is 32.2. The maximum atomic E-state index is 12.4. The third-order valence-electron chi connectivity index (χ3n) is 8.99. The van der Waals surface area contributed by atoms with Crippen LogP contribution in [0.5, 0.6) is 0 Å². The minimum atomic E-state index is -0.194. The topological polar surface area (TPSA) is 196 Å². The highest BCUT2D eigenvalue weighted by Crippen LogP contribution is 2.27. The number of likely N-dealkylation sites (N-methyl/N-ethyl adjacent to an activating group) is 2. The van der Waals surface area contributed by atoms with E-state index in [0.717, 1.165) is 90.3 Å². The normalized spacial score (nSPS) is 11.2. The number of nitrogens with one attached hydrogen (secondary N) is 4. The number of rotatable bonds is 27. The van der Waals surface area contributed by atoms with Gasteiger partial charge in [0.25, 0.3) is 0 Å². The summed E-state index contributed by atoms with van der Waals surface area (Å²) in [7, 11) is 0. The first-order chi connectivity index (χ1) is 29.4. The Morgan fingerprint density at radius 2 is 1.07 bits per heavy atom. The Balaban J connectivity index is 1.01. The van der Waals surface area contributed by atoms with E-state index in [-0.39, 0.29) is 12.1 Å². The Labute approximate surface area is 359 Å². The second kappa shape index (κ2) is 28.3. The average Bonchev–Trinajstić information content (AvgIpc) is 3.28. The number of nitrogens with zero attached hydrogens (tertiary/aromatic N) is 4. The minimum absolute atomic E-state index is 0.181. The molecule has 0 atom stereocenters. The molecule has 322 valence electrons. The van der Waals surface area contributed by atoms with Crippen molar-refractivity contribution < 1.29 is 38.8 Å². The van der Waals surface area contributed by atoms with Crippen LogP contribution in [0.4, 0.5) is 32.3 Å². The fourth-order valence-electron chi connectivity index (χ4n) is 5.89. The number of hydrogen-bond acceptors (Lipinski definition) is 14. The zero-order valence-electron chi connectivity index (χ0n) is 33.7. The molecule has 0 saturated heterocycles. The van der Waals surface area contributed by atoms with Crippen LogP contribution in [-0.4, -0.2) is 64.4 Å². The molecule has 0 aliphatic rings. The van der Waals surface area contributed by atoms with Gasteiger partial charge in [0.05, 0.1) is 35.5 Å². The number of benzene rings is 4. The van der Waals surface area contributed by atoms with Crippen LogP contribution in [0.25, 0.3) is 12.2 Å². The van der Waals surface area contributed by atoms with Gasteiger partial charge in [0, 0.05) is 73.5 Å². The number of azo groups is 1. The Morgan fingerprint density at radius 3 is 1.62 bits per heavy atom. The molecule has 4 N–H and O–H groups in total. The molecule has 0 fully saturated rings. The first-order valence-corrected chi connectivity index (χ1v) is 21.2. The Kier molecular flexibility index (Phi) is 22.4. The van der Waals surface area contributed by atoms with E-state index in [4.69, 9.17) is 0 Å². The Bertz CT molecular complexity index is 1770. The molecule has 4 aromatic carbocycles. The summed E-state index contributed by atoms with van der Waals surface area (Å²) in [5.41, 5.74) is 5.37. The average molecular weight is 861 g/mol. The van der Waals surface area contributed by atoms with Crippen molar-refractivity contribution in [2.45, 2.75) is 49.3 Å². The van der Waals surface area contributed by atoms with Gasteiger partial charge in [-0.25, -0.2) is 9.59 Å². The summed E-state index contributed by atoms with van der Waals surface area (Å²) in [5, 5.41) is 47.2. The van der Waals surface area contributed by atoms with Crippen LogP contribution in [0, 0.1) is 0 Å². The van der Waals surface area contributed by atoms with Gasteiger partial charge in [0.15, 0.2) is 0 Å². The predicted molar refractivity (Wildman–Crippen MR) is 232 cm³/mol. The first kappa shape index (κ1) is 47.5. The van der Waals surface area contributed by atoms with Crippen molar-refractivity contribution in [3.05, 3.63) is 108 Å². The molecule has 18 heteroatoms. The molecule has 60 heavy (non-hydrogen) atoms. The number of carbonyl (C=O) groups is 2. The number of urea groups is 2. The molecule has 0 spiro atoms. The number of unbranched alkanes of at least 4 members (excludes halogenated alkanes) is 3. The summed E-state index contributed by atoms with van der Waals surface area (Å²) in [5.74, 6) is 0. The van der Waals surface area contributed by atoms with Crippen molar-refractivity contribution in [2.24, 2.45) is 10.2 Å². The fraction of sp³-hybridized carbons (Fsp3) is 0.333. The molecule has 0 heterocycles. The van der Waals surface area contributed by atoms with E-state index in [1.165, 1.54) is 0 Å². The van der Waals surface area contributed by atoms with Crippen molar-refractivity contribution in [2.75, 3.05) is 62.2 Å². The molecule has 0 aliphatic heterocycles. The number of anilines is 2. The highest BCUT2D eigenvalue weighted by molar-refractivity contribution is 7.94. The standard InChI is InChI=1S/C42H54N8O8S2/c1-3-49(37-21-17-33(18-22-37)15-16-34-11-9-13-39(31-34)59-57-55-53)29-27-45-41(51)43-25-7-5-6-8-26-44-42(52)46-28-30-50(4-2)38-23-19-35(20-24-38)47-48-36-12-10-14-40(32-36)60-58-56-54/h9-24,31-32,53-54H,3-8,25-30H2,1-2H3,(H2,43,45,51)(H2,44,46,52)/p-2/b16-15+,48-47?. The maximum absolute atomic E-state index is 12.4. The first-order valence-electron chi connectivity index (χ1n) is 19.7. The number of carbonyl (C=O) groups excluding carboxylic acids is 2. The monoisotopic (exact) mass is 860 g/mol. The van der Waals surface area contributed by atoms with Crippen LogP contribution in [0.1, 0.15) is 50.7 Å². The molecule has 0 bridgehead atoms. The van der Waals surface area contributed by atoms with Gasteiger partial charge >= 0.3 is 12.1 Å². The van der Waals surface area contributed by atoms with Crippen LogP contribution in [0.3, 0.4) is 0 Å². The van der Waals surface area contributed by atoms with Gasteiger partial charge < -0.3 is 41.6 Å². The van der Waals surface area contributed by atoms with E-state index < -0.39 is 0 Å². The summed E-state index contributed by atoms with van der Waals surface area (Å²) in [6.07, 6.45) is 7.60. The summed E-state index contributed by atoms with van der Waals surface area (Å²) < 4.78 is 8.73. The SMILES string of the molecule is CCN(CCNC(=O)NCCCCCCNC(=O)NCCN(CC)c1ccc(N=Nc2cccc(SOO[O-])c2)cc1)c1ccc(/C=C/c2cccc(SOO[O-])c2)cc1. The lowest BCUT2D eigenvalue weighted by molar-refractivity contribution is -0.777.